The molecule has 0 saturated carbocycles. The maximum atomic E-state index is 10.7. The van der Waals surface area contributed by atoms with Crippen LogP contribution in [0, 0.1) is 17.2 Å². The van der Waals surface area contributed by atoms with Crippen LogP contribution in [0.4, 0.5) is 0 Å². The molecule has 3 nitrogen and oxygen atoms in total. The monoisotopic (exact) mass is 195 g/mol. The van der Waals surface area contributed by atoms with Crippen LogP contribution in [0.5, 0.6) is 0 Å². The van der Waals surface area contributed by atoms with Gasteiger partial charge >= 0.3 is 5.97 Å². The number of hydrogen-bond donors (Lipinski definition) is 0. The van der Waals surface area contributed by atoms with Gasteiger partial charge in [0.05, 0.1) is 12.7 Å². The molecule has 3 heteroatoms. The first kappa shape index (κ1) is 14.9. The van der Waals surface area contributed by atoms with Crippen LogP contribution in [0.25, 0.3) is 0 Å². The quantitative estimate of drug-likeness (QED) is 0.395. The van der Waals surface area contributed by atoms with Crippen LogP contribution < -0.4 is 0 Å². The van der Waals surface area contributed by atoms with Crippen molar-refractivity contribution in [3.05, 3.63) is 24.8 Å². The first-order valence-electron chi connectivity index (χ1n) is 4.28. The topological polar surface area (TPSA) is 50.1 Å². The molecule has 78 valence electrons. The maximum Gasteiger partial charge on any atom is 0.333 e. The SMILES string of the molecule is C=C(C)C(=O)OCC(C)C.C=CC#N. The van der Waals surface area contributed by atoms with E-state index in [0.29, 0.717) is 18.1 Å². The van der Waals surface area contributed by atoms with Crippen LogP contribution >= 0.6 is 0 Å². The molecule has 0 saturated heterocycles. The number of rotatable bonds is 3. The fourth-order valence-corrected chi connectivity index (χ4v) is 0.366. The van der Waals surface area contributed by atoms with E-state index in [1.807, 2.05) is 13.8 Å². The summed E-state index contributed by atoms with van der Waals surface area (Å²) in [4.78, 5) is 10.7. The zero-order chi connectivity index (χ0) is 11.6. The van der Waals surface area contributed by atoms with Crippen molar-refractivity contribution in [1.29, 1.82) is 5.26 Å². The molecule has 0 rings (SSSR count). The van der Waals surface area contributed by atoms with Crippen molar-refractivity contribution in [1.82, 2.24) is 0 Å². The zero-order valence-electron chi connectivity index (χ0n) is 9.04. The zero-order valence-corrected chi connectivity index (χ0v) is 9.04. The number of nitriles is 1. The second-order valence-corrected chi connectivity index (χ2v) is 3.11. The largest absolute Gasteiger partial charge is 0.462 e. The summed E-state index contributed by atoms with van der Waals surface area (Å²) in [5.74, 6) is 0.0944. The van der Waals surface area contributed by atoms with E-state index in [9.17, 15) is 4.79 Å². The van der Waals surface area contributed by atoms with E-state index in [1.165, 1.54) is 6.08 Å². The van der Waals surface area contributed by atoms with E-state index >= 15 is 0 Å². The van der Waals surface area contributed by atoms with Crippen LogP contribution in [0.15, 0.2) is 24.8 Å². The molecule has 0 bridgehead atoms. The molecule has 0 unspecified atom stereocenters. The van der Waals surface area contributed by atoms with Gasteiger partial charge in [-0.15, -0.1) is 0 Å². The highest BCUT2D eigenvalue weighted by atomic mass is 16.5. The van der Waals surface area contributed by atoms with Gasteiger partial charge in [-0.2, -0.15) is 5.26 Å². The highest BCUT2D eigenvalue weighted by Crippen LogP contribution is 1.97. The summed E-state index contributed by atoms with van der Waals surface area (Å²) in [7, 11) is 0. The minimum Gasteiger partial charge on any atom is -0.462 e. The average Bonchev–Trinajstić information content (AvgIpc) is 2.14. The first-order valence-corrected chi connectivity index (χ1v) is 4.28. The highest BCUT2D eigenvalue weighted by Gasteiger charge is 2.03. The van der Waals surface area contributed by atoms with Gasteiger partial charge in [0.25, 0.3) is 0 Å². The predicted octanol–water partition coefficient (Wildman–Crippen LogP) is 2.46. The average molecular weight is 195 g/mol. The van der Waals surface area contributed by atoms with Gasteiger partial charge in [0.2, 0.25) is 0 Å². The summed E-state index contributed by atoms with van der Waals surface area (Å²) < 4.78 is 4.83. The number of nitrogens with zero attached hydrogens (tertiary/aromatic N) is 1. The van der Waals surface area contributed by atoms with Crippen molar-refractivity contribution in [2.24, 2.45) is 5.92 Å². The Balaban J connectivity index is 0. The fourth-order valence-electron chi connectivity index (χ4n) is 0.366. The molecular formula is C11H17NO2. The van der Waals surface area contributed by atoms with Crippen molar-refractivity contribution < 1.29 is 9.53 Å². The molecule has 0 aliphatic carbocycles. The van der Waals surface area contributed by atoms with Gasteiger partial charge < -0.3 is 4.74 Å². The van der Waals surface area contributed by atoms with Gasteiger partial charge in [0.1, 0.15) is 0 Å². The van der Waals surface area contributed by atoms with E-state index in [-0.39, 0.29) is 5.97 Å². The summed E-state index contributed by atoms with van der Waals surface area (Å²) in [5.41, 5.74) is 0.459. The molecule has 0 radical (unpaired) electrons. The normalized spacial score (nSPS) is 7.93. The Morgan fingerprint density at radius 1 is 1.64 bits per heavy atom. The number of carbonyl (C=O) groups excluding carboxylic acids is 1. The molecular weight excluding hydrogens is 178 g/mol. The smallest absolute Gasteiger partial charge is 0.333 e. The van der Waals surface area contributed by atoms with E-state index in [2.05, 4.69) is 13.2 Å². The van der Waals surface area contributed by atoms with Crippen LogP contribution in [0.3, 0.4) is 0 Å². The summed E-state index contributed by atoms with van der Waals surface area (Å²) in [5, 5.41) is 7.51. The molecule has 0 aromatic carbocycles. The molecule has 0 aromatic heterocycles. The third kappa shape index (κ3) is 13.1. The van der Waals surface area contributed by atoms with Crippen molar-refractivity contribution in [2.75, 3.05) is 6.61 Å². The third-order valence-corrected chi connectivity index (χ3v) is 0.988. The predicted molar refractivity (Wildman–Crippen MR) is 56.4 cm³/mol. The molecule has 0 amide bonds. The summed E-state index contributed by atoms with van der Waals surface area (Å²) in [6.45, 7) is 12.7. The Kier molecular flexibility index (Phi) is 10.2. The first-order chi connectivity index (χ1) is 6.45. The fraction of sp³-hybridized carbons (Fsp3) is 0.455. The lowest BCUT2D eigenvalue weighted by Gasteiger charge is -2.05. The van der Waals surface area contributed by atoms with Crippen molar-refractivity contribution >= 4 is 5.97 Å². The molecule has 0 heterocycles. The van der Waals surface area contributed by atoms with Crippen molar-refractivity contribution in [3.8, 4) is 6.07 Å². The van der Waals surface area contributed by atoms with E-state index in [1.54, 1.807) is 13.0 Å². The lowest BCUT2D eigenvalue weighted by molar-refractivity contribution is -0.139. The second kappa shape index (κ2) is 9.53. The van der Waals surface area contributed by atoms with Gasteiger partial charge in [-0.1, -0.05) is 27.0 Å². The number of hydrogen-bond acceptors (Lipinski definition) is 3. The summed E-state index contributed by atoms with van der Waals surface area (Å²) >= 11 is 0. The molecule has 0 fully saturated rings. The molecule has 0 aliphatic heterocycles. The third-order valence-electron chi connectivity index (χ3n) is 0.988. The molecule has 0 spiro atoms. The highest BCUT2D eigenvalue weighted by molar-refractivity contribution is 5.86. The van der Waals surface area contributed by atoms with Crippen LogP contribution in [-0.2, 0) is 9.53 Å². The molecule has 0 atom stereocenters. The Hall–Kier alpha value is -1.56. The molecule has 0 N–H and O–H groups in total. The molecule has 14 heavy (non-hydrogen) atoms. The Morgan fingerprint density at radius 3 is 2.29 bits per heavy atom. The van der Waals surface area contributed by atoms with Gasteiger partial charge in [0.15, 0.2) is 0 Å². The van der Waals surface area contributed by atoms with Gasteiger partial charge in [-0.25, -0.2) is 4.79 Å². The Morgan fingerprint density at radius 2 is 2.07 bits per heavy atom. The van der Waals surface area contributed by atoms with Crippen LogP contribution in [-0.4, -0.2) is 12.6 Å². The van der Waals surface area contributed by atoms with Gasteiger partial charge in [-0.3, -0.25) is 0 Å². The second-order valence-electron chi connectivity index (χ2n) is 3.11. The summed E-state index contributed by atoms with van der Waals surface area (Å²) in [6.07, 6.45) is 1.18. The Labute approximate surface area is 85.7 Å². The number of esters is 1. The van der Waals surface area contributed by atoms with Crippen molar-refractivity contribution in [3.63, 3.8) is 0 Å². The van der Waals surface area contributed by atoms with E-state index in [4.69, 9.17) is 10.00 Å². The van der Waals surface area contributed by atoms with Crippen LogP contribution in [0.2, 0.25) is 0 Å². The van der Waals surface area contributed by atoms with E-state index in [0.717, 1.165) is 0 Å². The van der Waals surface area contributed by atoms with Crippen LogP contribution in [0.1, 0.15) is 20.8 Å². The summed E-state index contributed by atoms with van der Waals surface area (Å²) in [6, 6.07) is 1.69. The van der Waals surface area contributed by atoms with Gasteiger partial charge in [0, 0.05) is 11.6 Å². The molecule has 0 aromatic rings. The Bertz CT molecular complexity index is 236. The molecule has 0 aliphatic rings. The number of ether oxygens (including phenoxy) is 1. The van der Waals surface area contributed by atoms with Crippen molar-refractivity contribution in [2.45, 2.75) is 20.8 Å². The standard InChI is InChI=1S/C8H14O2.C3H3N/c1-6(2)5-10-8(9)7(3)4;1-2-3-4/h6H,3,5H2,1-2,4H3;2H,1H2. The number of allylic oxidation sites excluding steroid dienone is 1. The maximum absolute atomic E-state index is 10.7. The lowest BCUT2D eigenvalue weighted by Crippen LogP contribution is -2.09. The number of carbonyl (C=O) groups is 1. The lowest BCUT2D eigenvalue weighted by atomic mass is 10.2. The van der Waals surface area contributed by atoms with Gasteiger partial charge in [-0.05, 0) is 12.8 Å². The van der Waals surface area contributed by atoms with E-state index < -0.39 is 0 Å². The minimum absolute atomic E-state index is 0.297. The minimum atomic E-state index is -0.297.